The summed E-state index contributed by atoms with van der Waals surface area (Å²) in [5.74, 6) is -4.49. The van der Waals surface area contributed by atoms with E-state index >= 15 is 0 Å². The van der Waals surface area contributed by atoms with Crippen molar-refractivity contribution in [3.8, 4) is 5.75 Å². The van der Waals surface area contributed by atoms with Crippen LogP contribution in [0.1, 0.15) is 0 Å². The van der Waals surface area contributed by atoms with Crippen molar-refractivity contribution in [1.29, 1.82) is 0 Å². The Bertz CT molecular complexity index is 587. The lowest BCUT2D eigenvalue weighted by molar-refractivity contribution is -0.274. The molecule has 5 nitrogen and oxygen atoms in total. The number of alkyl halides is 5. The summed E-state index contributed by atoms with van der Waals surface area (Å²) in [5.41, 5.74) is 0. The van der Waals surface area contributed by atoms with Gasteiger partial charge in [-0.2, -0.15) is 0 Å². The van der Waals surface area contributed by atoms with E-state index in [-0.39, 0.29) is 0 Å². The van der Waals surface area contributed by atoms with Gasteiger partial charge in [0.15, 0.2) is 0 Å². The van der Waals surface area contributed by atoms with Crippen LogP contribution in [0.4, 0.5) is 22.0 Å². The molecular weight excluding hydrogens is 325 g/mol. The standard InChI is InChI=1S/C10H10F5NO4S/c11-9(12,6-17)5-16-21(18,19)8-3-1-2-7(4-8)20-10(13,14)15/h1-4,16-17H,5-6H2. The first-order valence-corrected chi connectivity index (χ1v) is 6.78. The second kappa shape index (κ2) is 6.12. The van der Waals surface area contributed by atoms with Gasteiger partial charge in [-0.1, -0.05) is 6.07 Å². The zero-order valence-corrected chi connectivity index (χ0v) is 11.0. The molecule has 0 aromatic heterocycles. The van der Waals surface area contributed by atoms with E-state index in [1.807, 2.05) is 0 Å². The second-order valence-corrected chi connectivity index (χ2v) is 5.63. The minimum Gasteiger partial charge on any atom is -0.406 e. The van der Waals surface area contributed by atoms with E-state index in [0.717, 1.165) is 18.2 Å². The average Bonchev–Trinajstić information content (AvgIpc) is 2.35. The van der Waals surface area contributed by atoms with Gasteiger partial charge in [0.1, 0.15) is 12.4 Å². The summed E-state index contributed by atoms with van der Waals surface area (Å²) in [6.07, 6.45) is -5.01. The van der Waals surface area contributed by atoms with Crippen LogP contribution >= 0.6 is 0 Å². The molecule has 21 heavy (non-hydrogen) atoms. The number of aliphatic hydroxyl groups is 1. The number of ether oxygens (including phenoxy) is 1. The Hall–Kier alpha value is -1.46. The fraction of sp³-hybridized carbons (Fsp3) is 0.400. The van der Waals surface area contributed by atoms with Gasteiger partial charge in [0.2, 0.25) is 10.0 Å². The van der Waals surface area contributed by atoms with Crippen molar-refractivity contribution in [1.82, 2.24) is 4.72 Å². The number of sulfonamides is 1. The molecule has 1 rings (SSSR count). The molecule has 0 saturated heterocycles. The molecule has 0 aliphatic rings. The molecule has 11 heteroatoms. The Kier molecular flexibility index (Phi) is 5.12. The smallest absolute Gasteiger partial charge is 0.406 e. The van der Waals surface area contributed by atoms with Crippen molar-refractivity contribution in [2.75, 3.05) is 13.2 Å². The minimum absolute atomic E-state index is 0.535. The quantitative estimate of drug-likeness (QED) is 0.773. The van der Waals surface area contributed by atoms with Gasteiger partial charge in [-0.15, -0.1) is 13.2 Å². The lowest BCUT2D eigenvalue weighted by Gasteiger charge is -2.15. The maximum Gasteiger partial charge on any atom is 0.573 e. The third-order valence-corrected chi connectivity index (χ3v) is 3.50. The third-order valence-electron chi connectivity index (χ3n) is 2.10. The maximum absolute atomic E-state index is 12.8. The van der Waals surface area contributed by atoms with Crippen molar-refractivity contribution in [3.05, 3.63) is 24.3 Å². The van der Waals surface area contributed by atoms with Gasteiger partial charge in [-0.05, 0) is 12.1 Å². The van der Waals surface area contributed by atoms with Crippen molar-refractivity contribution >= 4 is 10.0 Å². The summed E-state index contributed by atoms with van der Waals surface area (Å²) in [5, 5.41) is 8.30. The van der Waals surface area contributed by atoms with Gasteiger partial charge in [0, 0.05) is 6.07 Å². The van der Waals surface area contributed by atoms with Crippen molar-refractivity contribution in [2.45, 2.75) is 17.2 Å². The first-order valence-electron chi connectivity index (χ1n) is 5.29. The van der Waals surface area contributed by atoms with Crippen molar-refractivity contribution in [2.24, 2.45) is 0 Å². The Morgan fingerprint density at radius 2 is 1.81 bits per heavy atom. The molecule has 0 aliphatic carbocycles. The van der Waals surface area contributed by atoms with E-state index in [2.05, 4.69) is 4.74 Å². The van der Waals surface area contributed by atoms with E-state index < -0.39 is 46.1 Å². The van der Waals surface area contributed by atoms with E-state index in [1.54, 1.807) is 0 Å². The van der Waals surface area contributed by atoms with Crippen LogP contribution in [0, 0.1) is 0 Å². The molecule has 1 aromatic rings. The number of benzene rings is 1. The van der Waals surface area contributed by atoms with Gasteiger partial charge in [0.05, 0.1) is 11.4 Å². The number of aliphatic hydroxyl groups excluding tert-OH is 1. The van der Waals surface area contributed by atoms with Crippen LogP contribution in [0.3, 0.4) is 0 Å². The molecule has 2 N–H and O–H groups in total. The summed E-state index contributed by atoms with van der Waals surface area (Å²) in [4.78, 5) is -0.682. The number of rotatable bonds is 6. The lowest BCUT2D eigenvalue weighted by atomic mass is 10.3. The molecule has 0 aliphatic heterocycles. The summed E-state index contributed by atoms with van der Waals surface area (Å²) in [6, 6.07) is 3.25. The highest BCUT2D eigenvalue weighted by Gasteiger charge is 2.32. The van der Waals surface area contributed by atoms with Crippen LogP contribution in [0.5, 0.6) is 5.75 Å². The molecule has 0 amide bonds. The number of hydrogen-bond acceptors (Lipinski definition) is 4. The van der Waals surface area contributed by atoms with Crippen LogP contribution in [0.25, 0.3) is 0 Å². The van der Waals surface area contributed by atoms with Crippen molar-refractivity contribution in [3.63, 3.8) is 0 Å². The predicted octanol–water partition coefficient (Wildman–Crippen LogP) is 1.49. The third kappa shape index (κ3) is 5.81. The largest absolute Gasteiger partial charge is 0.573 e. The SMILES string of the molecule is O=S(=O)(NCC(F)(F)CO)c1cccc(OC(F)(F)F)c1. The molecule has 0 bridgehead atoms. The van der Waals surface area contributed by atoms with Crippen LogP contribution in [0.15, 0.2) is 29.2 Å². The first-order chi connectivity index (χ1) is 9.45. The first kappa shape index (κ1) is 17.6. The molecule has 120 valence electrons. The molecule has 0 atom stereocenters. The normalized spacial score (nSPS) is 13.2. The Morgan fingerprint density at radius 1 is 1.19 bits per heavy atom. The zero-order chi connectivity index (χ0) is 16.3. The molecule has 1 aromatic carbocycles. The topological polar surface area (TPSA) is 75.6 Å². The second-order valence-electron chi connectivity index (χ2n) is 3.86. The van der Waals surface area contributed by atoms with E-state index in [0.29, 0.717) is 6.07 Å². The predicted molar refractivity (Wildman–Crippen MR) is 60.3 cm³/mol. The van der Waals surface area contributed by atoms with Crippen molar-refractivity contribution < 1.29 is 40.2 Å². The maximum atomic E-state index is 12.8. The molecule has 0 radical (unpaired) electrons. The van der Waals surface area contributed by atoms with E-state index in [4.69, 9.17) is 5.11 Å². The summed E-state index contributed by atoms with van der Waals surface area (Å²) >= 11 is 0. The highest BCUT2D eigenvalue weighted by Crippen LogP contribution is 2.25. The minimum atomic E-state index is -5.01. The summed E-state index contributed by atoms with van der Waals surface area (Å²) in [6.45, 7) is -2.97. The molecule has 0 fully saturated rings. The van der Waals surface area contributed by atoms with Gasteiger partial charge in [-0.3, -0.25) is 0 Å². The van der Waals surface area contributed by atoms with Gasteiger partial charge in [-0.25, -0.2) is 21.9 Å². The fourth-order valence-corrected chi connectivity index (χ4v) is 2.28. The lowest BCUT2D eigenvalue weighted by Crippen LogP contribution is -2.38. The number of halogens is 5. The molecule has 0 heterocycles. The fourth-order valence-electron chi connectivity index (χ4n) is 1.18. The molecular formula is C10H10F5NO4S. The summed E-state index contributed by atoms with van der Waals surface area (Å²) < 4.78 is 89.8. The Labute approximate surface area is 116 Å². The average molecular weight is 335 g/mol. The van der Waals surface area contributed by atoms with Crippen LogP contribution < -0.4 is 9.46 Å². The van der Waals surface area contributed by atoms with Gasteiger partial charge >= 0.3 is 6.36 Å². The highest BCUT2D eigenvalue weighted by molar-refractivity contribution is 7.89. The van der Waals surface area contributed by atoms with Gasteiger partial charge < -0.3 is 9.84 Å². The Balaban J connectivity index is 2.91. The molecule has 0 saturated carbocycles. The van der Waals surface area contributed by atoms with E-state index in [1.165, 1.54) is 4.72 Å². The van der Waals surface area contributed by atoms with E-state index in [9.17, 15) is 30.4 Å². The summed E-state index contributed by atoms with van der Waals surface area (Å²) in [7, 11) is -4.47. The van der Waals surface area contributed by atoms with Crippen LogP contribution in [-0.2, 0) is 10.0 Å². The number of nitrogens with one attached hydrogen (secondary N) is 1. The van der Waals surface area contributed by atoms with Crippen LogP contribution in [-0.4, -0.2) is 39.0 Å². The highest BCUT2D eigenvalue weighted by atomic mass is 32.2. The number of hydrogen-bond donors (Lipinski definition) is 2. The van der Waals surface area contributed by atoms with Gasteiger partial charge in [0.25, 0.3) is 5.92 Å². The zero-order valence-electron chi connectivity index (χ0n) is 10.2. The Morgan fingerprint density at radius 3 is 2.33 bits per heavy atom. The molecule has 0 unspecified atom stereocenters. The van der Waals surface area contributed by atoms with Crippen LogP contribution in [0.2, 0.25) is 0 Å². The molecule has 0 spiro atoms. The monoisotopic (exact) mass is 335 g/mol.